The van der Waals surface area contributed by atoms with Crippen LogP contribution < -0.4 is 4.74 Å². The van der Waals surface area contributed by atoms with Crippen LogP contribution in [0, 0.1) is 5.82 Å². The molecule has 3 nitrogen and oxygen atoms in total. The molecule has 1 aromatic carbocycles. The van der Waals surface area contributed by atoms with Crippen LogP contribution in [0.15, 0.2) is 41.0 Å². The van der Waals surface area contributed by atoms with Crippen LogP contribution in [-0.4, -0.2) is 9.38 Å². The van der Waals surface area contributed by atoms with Gasteiger partial charge in [0.05, 0.1) is 15.4 Å². The number of hydrogen-bond donors (Lipinski definition) is 0. The van der Waals surface area contributed by atoms with Crippen LogP contribution in [0.5, 0.6) is 11.6 Å². The van der Waals surface area contributed by atoms with Crippen molar-refractivity contribution in [2.75, 3.05) is 0 Å². The van der Waals surface area contributed by atoms with E-state index in [2.05, 4.69) is 20.9 Å². The van der Waals surface area contributed by atoms with Gasteiger partial charge in [0.25, 0.3) is 0 Å². The number of fused-ring (bicyclic) bond motifs is 1. The first-order chi connectivity index (χ1) is 10.1. The van der Waals surface area contributed by atoms with E-state index in [1.54, 1.807) is 0 Å². The van der Waals surface area contributed by atoms with E-state index in [9.17, 15) is 4.39 Å². The molecule has 7 heteroatoms. The first kappa shape index (κ1) is 14.6. The van der Waals surface area contributed by atoms with E-state index in [0.29, 0.717) is 21.7 Å². The van der Waals surface area contributed by atoms with Crippen molar-refractivity contribution in [3.63, 3.8) is 0 Å². The van der Waals surface area contributed by atoms with E-state index in [1.807, 2.05) is 28.8 Å². The predicted molar refractivity (Wildman–Crippen MR) is 83.9 cm³/mol. The number of alkyl halides is 1. The summed E-state index contributed by atoms with van der Waals surface area (Å²) in [6, 6.07) is 8.20. The third kappa shape index (κ3) is 2.73. The van der Waals surface area contributed by atoms with Gasteiger partial charge in [0.2, 0.25) is 5.88 Å². The van der Waals surface area contributed by atoms with Crippen molar-refractivity contribution in [2.24, 2.45) is 0 Å². The number of hydrogen-bond acceptors (Lipinski definition) is 2. The molecule has 0 saturated heterocycles. The molecule has 2 heterocycles. The SMILES string of the molecule is Fc1cc(Oc2nc3ccccn3c2CCl)c(Br)cc1Cl. The summed E-state index contributed by atoms with van der Waals surface area (Å²) in [6.07, 6.45) is 1.84. The van der Waals surface area contributed by atoms with Gasteiger partial charge < -0.3 is 4.74 Å². The Morgan fingerprint density at radius 3 is 2.90 bits per heavy atom. The Hall–Kier alpha value is -1.30. The van der Waals surface area contributed by atoms with Gasteiger partial charge in [0.1, 0.15) is 22.9 Å². The Morgan fingerprint density at radius 1 is 1.33 bits per heavy atom. The van der Waals surface area contributed by atoms with E-state index in [-0.39, 0.29) is 16.7 Å². The molecule has 0 radical (unpaired) electrons. The summed E-state index contributed by atoms with van der Waals surface area (Å²) in [7, 11) is 0. The number of nitrogens with zero attached hydrogens (tertiary/aromatic N) is 2. The minimum absolute atomic E-state index is 0.0155. The number of pyridine rings is 1. The van der Waals surface area contributed by atoms with E-state index in [4.69, 9.17) is 27.9 Å². The zero-order valence-corrected chi connectivity index (χ0v) is 13.6. The largest absolute Gasteiger partial charge is 0.436 e. The number of halogens is 4. The van der Waals surface area contributed by atoms with Gasteiger partial charge in [-0.2, -0.15) is 4.98 Å². The molecule has 0 saturated carbocycles. The number of imidazole rings is 1. The van der Waals surface area contributed by atoms with Crippen molar-refractivity contribution >= 4 is 44.8 Å². The molecule has 0 unspecified atom stereocenters. The lowest BCUT2D eigenvalue weighted by Crippen LogP contribution is -1.93. The summed E-state index contributed by atoms with van der Waals surface area (Å²) < 4.78 is 21.6. The van der Waals surface area contributed by atoms with Crippen molar-refractivity contribution in [3.05, 3.63) is 57.5 Å². The normalized spacial score (nSPS) is 11.0. The topological polar surface area (TPSA) is 26.5 Å². The van der Waals surface area contributed by atoms with E-state index in [1.165, 1.54) is 12.1 Å². The van der Waals surface area contributed by atoms with E-state index >= 15 is 0 Å². The maximum Gasteiger partial charge on any atom is 0.242 e. The summed E-state index contributed by atoms with van der Waals surface area (Å²) in [5.74, 6) is 0.269. The van der Waals surface area contributed by atoms with Gasteiger partial charge in [0.15, 0.2) is 0 Å². The summed E-state index contributed by atoms with van der Waals surface area (Å²) in [5, 5.41) is 0.0155. The van der Waals surface area contributed by atoms with Gasteiger partial charge in [-0.3, -0.25) is 4.40 Å². The van der Waals surface area contributed by atoms with Gasteiger partial charge in [-0.25, -0.2) is 4.39 Å². The maximum atomic E-state index is 13.6. The fourth-order valence-electron chi connectivity index (χ4n) is 1.91. The molecule has 0 aliphatic heterocycles. The quantitative estimate of drug-likeness (QED) is 0.441. The lowest BCUT2D eigenvalue weighted by atomic mass is 10.3. The Balaban J connectivity index is 2.08. The Kier molecular flexibility index (Phi) is 4.06. The van der Waals surface area contributed by atoms with Crippen molar-refractivity contribution in [1.29, 1.82) is 0 Å². The zero-order valence-electron chi connectivity index (χ0n) is 10.5. The molecule has 108 valence electrons. The highest BCUT2D eigenvalue weighted by Gasteiger charge is 2.16. The van der Waals surface area contributed by atoms with Crippen LogP contribution in [0.2, 0.25) is 5.02 Å². The van der Waals surface area contributed by atoms with Crippen LogP contribution in [0.25, 0.3) is 5.65 Å². The molecule has 0 amide bonds. The van der Waals surface area contributed by atoms with Gasteiger partial charge in [0, 0.05) is 12.3 Å². The molecule has 2 aromatic heterocycles. The molecular formula is C14H8BrCl2FN2O. The molecule has 0 fully saturated rings. The number of ether oxygens (including phenoxy) is 1. The fourth-order valence-corrected chi connectivity index (χ4v) is 2.88. The lowest BCUT2D eigenvalue weighted by Gasteiger charge is -2.07. The van der Waals surface area contributed by atoms with Crippen LogP contribution in [0.3, 0.4) is 0 Å². The van der Waals surface area contributed by atoms with E-state index < -0.39 is 5.82 Å². The van der Waals surface area contributed by atoms with Gasteiger partial charge in [-0.15, -0.1) is 11.6 Å². The van der Waals surface area contributed by atoms with Crippen LogP contribution in [0.1, 0.15) is 5.69 Å². The smallest absolute Gasteiger partial charge is 0.242 e. The van der Waals surface area contributed by atoms with Crippen LogP contribution in [0.4, 0.5) is 4.39 Å². The minimum atomic E-state index is -0.564. The Bertz CT molecular complexity index is 822. The Morgan fingerprint density at radius 2 is 2.14 bits per heavy atom. The molecule has 0 atom stereocenters. The molecule has 21 heavy (non-hydrogen) atoms. The molecular weight excluding hydrogens is 382 g/mol. The highest BCUT2D eigenvalue weighted by atomic mass is 79.9. The molecule has 0 spiro atoms. The minimum Gasteiger partial charge on any atom is -0.436 e. The highest BCUT2D eigenvalue weighted by molar-refractivity contribution is 9.10. The summed E-state index contributed by atoms with van der Waals surface area (Å²) in [5.41, 5.74) is 1.39. The van der Waals surface area contributed by atoms with Crippen molar-refractivity contribution in [1.82, 2.24) is 9.38 Å². The predicted octanol–water partition coefficient (Wildman–Crippen LogP) is 5.42. The van der Waals surface area contributed by atoms with Gasteiger partial charge in [-0.1, -0.05) is 17.7 Å². The molecule has 0 bridgehead atoms. The molecule has 0 N–H and O–H groups in total. The van der Waals surface area contributed by atoms with Gasteiger partial charge >= 0.3 is 0 Å². The first-order valence-electron chi connectivity index (χ1n) is 5.94. The Labute approximate surface area is 138 Å². The van der Waals surface area contributed by atoms with Gasteiger partial charge in [-0.05, 0) is 34.1 Å². The van der Waals surface area contributed by atoms with Crippen molar-refractivity contribution in [2.45, 2.75) is 5.88 Å². The summed E-state index contributed by atoms with van der Waals surface area (Å²) in [4.78, 5) is 4.35. The highest BCUT2D eigenvalue weighted by Crippen LogP contribution is 2.35. The third-order valence-electron chi connectivity index (χ3n) is 2.90. The van der Waals surface area contributed by atoms with Crippen LogP contribution >= 0.6 is 39.1 Å². The third-order valence-corrected chi connectivity index (χ3v) is 4.06. The first-order valence-corrected chi connectivity index (χ1v) is 7.65. The second kappa shape index (κ2) is 5.83. The number of benzene rings is 1. The average Bonchev–Trinajstić information content (AvgIpc) is 2.81. The average molecular weight is 390 g/mol. The number of aromatic nitrogens is 2. The second-order valence-corrected chi connectivity index (χ2v) is 5.75. The molecule has 3 aromatic rings. The molecule has 0 aliphatic rings. The van der Waals surface area contributed by atoms with E-state index in [0.717, 1.165) is 0 Å². The van der Waals surface area contributed by atoms with Crippen molar-refractivity contribution < 1.29 is 9.13 Å². The molecule has 3 rings (SSSR count). The summed E-state index contributed by atoms with van der Waals surface area (Å²) in [6.45, 7) is 0. The second-order valence-electron chi connectivity index (χ2n) is 4.22. The standard InChI is InChI=1S/C14H8BrCl2FN2O/c15-8-5-9(17)10(18)6-12(8)21-14-11(7-16)20-4-2-1-3-13(20)19-14/h1-6H,7H2. The monoisotopic (exact) mass is 388 g/mol. The number of rotatable bonds is 3. The summed E-state index contributed by atoms with van der Waals surface area (Å²) >= 11 is 15.0. The lowest BCUT2D eigenvalue weighted by molar-refractivity contribution is 0.454. The van der Waals surface area contributed by atoms with Crippen molar-refractivity contribution in [3.8, 4) is 11.6 Å². The fraction of sp³-hybridized carbons (Fsp3) is 0.0714. The maximum absolute atomic E-state index is 13.6. The molecule has 0 aliphatic carbocycles. The zero-order chi connectivity index (χ0) is 15.0. The van der Waals surface area contributed by atoms with Crippen LogP contribution in [-0.2, 0) is 5.88 Å².